The smallest absolute Gasteiger partial charge is 0.245 e. The van der Waals surface area contributed by atoms with Crippen molar-refractivity contribution < 1.29 is 4.79 Å². The molecule has 0 aliphatic rings. The second kappa shape index (κ2) is 6.00. The summed E-state index contributed by atoms with van der Waals surface area (Å²) in [6.45, 7) is 2.07. The Morgan fingerprint density at radius 2 is 2.15 bits per heavy atom. The first-order chi connectivity index (χ1) is 6.02. The molecule has 76 valence electrons. The minimum absolute atomic E-state index is 0.317. The zero-order chi connectivity index (χ0) is 10.4. The van der Waals surface area contributed by atoms with Crippen LogP contribution in [0, 0.1) is 0 Å². The second-order valence-corrected chi connectivity index (χ2v) is 3.45. The van der Waals surface area contributed by atoms with Crippen LogP contribution in [0.15, 0.2) is 11.1 Å². The molecular formula is C9H17ClN2O. The Hall–Kier alpha value is -0.540. The molecule has 0 bridgehead atoms. The van der Waals surface area contributed by atoms with E-state index in [1.165, 1.54) is 5.54 Å². The summed E-state index contributed by atoms with van der Waals surface area (Å²) in [6, 6.07) is 0.317. The van der Waals surface area contributed by atoms with Crippen LogP contribution in [0.4, 0.5) is 0 Å². The number of hydrogen-bond acceptors (Lipinski definition) is 2. The molecule has 0 aromatic rings. The Bertz CT molecular complexity index is 202. The summed E-state index contributed by atoms with van der Waals surface area (Å²) in [5.41, 5.74) is 6.90. The van der Waals surface area contributed by atoms with Gasteiger partial charge in [0.2, 0.25) is 5.91 Å². The molecule has 0 saturated heterocycles. The number of amides is 1. The van der Waals surface area contributed by atoms with Crippen LogP contribution in [-0.4, -0.2) is 30.9 Å². The Morgan fingerprint density at radius 1 is 1.62 bits per heavy atom. The molecule has 0 aromatic carbocycles. The van der Waals surface area contributed by atoms with Crippen molar-refractivity contribution in [2.24, 2.45) is 5.73 Å². The van der Waals surface area contributed by atoms with E-state index in [0.29, 0.717) is 18.0 Å². The molecule has 2 N–H and O–H groups in total. The third kappa shape index (κ3) is 4.29. The minimum atomic E-state index is -0.435. The summed E-state index contributed by atoms with van der Waals surface area (Å²) < 4.78 is 0. The van der Waals surface area contributed by atoms with Gasteiger partial charge in [-0.05, 0) is 26.9 Å². The first-order valence-corrected chi connectivity index (χ1v) is 4.72. The fourth-order valence-corrected chi connectivity index (χ4v) is 1.34. The highest BCUT2D eigenvalue weighted by molar-refractivity contribution is 6.27. The monoisotopic (exact) mass is 204 g/mol. The molecule has 0 fully saturated rings. The summed E-state index contributed by atoms with van der Waals surface area (Å²) in [6.07, 6.45) is 1.58. The normalized spacial score (nSPS) is 14.7. The fraction of sp³-hybridized carbons (Fsp3) is 0.667. The highest BCUT2D eigenvalue weighted by Crippen LogP contribution is 2.12. The van der Waals surface area contributed by atoms with Crippen molar-refractivity contribution in [2.75, 3.05) is 14.1 Å². The summed E-state index contributed by atoms with van der Waals surface area (Å²) >= 11 is 5.49. The predicted octanol–water partition coefficient (Wildman–Crippen LogP) is 1.32. The summed E-state index contributed by atoms with van der Waals surface area (Å²) in [5.74, 6) is -0.435. The van der Waals surface area contributed by atoms with Crippen LogP contribution in [0.5, 0.6) is 0 Å². The lowest BCUT2D eigenvalue weighted by molar-refractivity contribution is -0.114. The maximum atomic E-state index is 10.9. The lowest BCUT2D eigenvalue weighted by atomic mass is 10.0. The molecule has 4 heteroatoms. The molecule has 13 heavy (non-hydrogen) atoms. The van der Waals surface area contributed by atoms with Gasteiger partial charge in [0.25, 0.3) is 0 Å². The van der Waals surface area contributed by atoms with Gasteiger partial charge in [-0.25, -0.2) is 0 Å². The molecular weight excluding hydrogens is 188 g/mol. The molecule has 3 nitrogen and oxygen atoms in total. The molecule has 0 saturated carbocycles. The van der Waals surface area contributed by atoms with E-state index in [0.717, 1.165) is 6.42 Å². The molecule has 0 aromatic heterocycles. The Labute approximate surface area is 84.5 Å². The van der Waals surface area contributed by atoms with Gasteiger partial charge in [-0.2, -0.15) is 0 Å². The zero-order valence-corrected chi connectivity index (χ0v) is 9.14. The van der Waals surface area contributed by atoms with Crippen molar-refractivity contribution >= 4 is 17.5 Å². The van der Waals surface area contributed by atoms with Crippen molar-refractivity contribution in [1.82, 2.24) is 4.90 Å². The molecule has 0 radical (unpaired) electrons. The molecule has 0 aliphatic carbocycles. The van der Waals surface area contributed by atoms with E-state index in [2.05, 4.69) is 11.8 Å². The van der Waals surface area contributed by atoms with E-state index < -0.39 is 5.91 Å². The molecule has 0 spiro atoms. The quantitative estimate of drug-likeness (QED) is 0.687. The van der Waals surface area contributed by atoms with E-state index in [9.17, 15) is 4.79 Å². The Morgan fingerprint density at radius 3 is 2.38 bits per heavy atom. The molecule has 0 aliphatic heterocycles. The number of nitrogens with zero attached hydrogens (tertiary/aromatic N) is 1. The number of hydrogen-bond donors (Lipinski definition) is 1. The van der Waals surface area contributed by atoms with Gasteiger partial charge in [0.05, 0.1) is 0 Å². The van der Waals surface area contributed by atoms with Crippen LogP contribution in [0.1, 0.15) is 19.8 Å². The highest BCUT2D eigenvalue weighted by Gasteiger charge is 2.14. The maximum absolute atomic E-state index is 10.9. The summed E-state index contributed by atoms with van der Waals surface area (Å²) in [7, 11) is 3.95. The van der Waals surface area contributed by atoms with Gasteiger partial charge in [-0.15, -0.1) is 0 Å². The Balaban J connectivity index is 4.29. The van der Waals surface area contributed by atoms with Gasteiger partial charge in [0.15, 0.2) is 0 Å². The van der Waals surface area contributed by atoms with Crippen molar-refractivity contribution in [1.29, 1.82) is 0 Å². The Kier molecular flexibility index (Phi) is 5.75. The van der Waals surface area contributed by atoms with Gasteiger partial charge in [-0.3, -0.25) is 4.79 Å². The minimum Gasteiger partial charge on any atom is -0.366 e. The predicted molar refractivity (Wildman–Crippen MR) is 55.5 cm³/mol. The maximum Gasteiger partial charge on any atom is 0.245 e. The van der Waals surface area contributed by atoms with Crippen LogP contribution >= 0.6 is 11.6 Å². The van der Waals surface area contributed by atoms with E-state index in [1.807, 2.05) is 14.1 Å². The third-order valence-corrected chi connectivity index (χ3v) is 2.37. The van der Waals surface area contributed by atoms with Crippen molar-refractivity contribution in [3.8, 4) is 0 Å². The molecule has 1 amide bonds. The molecule has 1 unspecified atom stereocenters. The standard InChI is InChI=1S/C9H17ClN2O/c1-4-8(12(2)3)5-7(6-10)9(11)13/h6,8H,4-5H2,1-3H3,(H2,11,13)/b7-6+. The number of nitrogens with two attached hydrogens (primary N) is 1. The van der Waals surface area contributed by atoms with Crippen LogP contribution in [0.3, 0.4) is 0 Å². The fourth-order valence-electron chi connectivity index (χ4n) is 1.14. The first-order valence-electron chi connectivity index (χ1n) is 4.28. The van der Waals surface area contributed by atoms with Gasteiger partial charge >= 0.3 is 0 Å². The summed E-state index contributed by atoms with van der Waals surface area (Å²) in [4.78, 5) is 12.9. The van der Waals surface area contributed by atoms with Crippen molar-refractivity contribution in [3.63, 3.8) is 0 Å². The van der Waals surface area contributed by atoms with Crippen LogP contribution in [0.2, 0.25) is 0 Å². The van der Waals surface area contributed by atoms with Gasteiger partial charge in [-0.1, -0.05) is 18.5 Å². The molecule has 1 atom stereocenters. The lowest BCUT2D eigenvalue weighted by Gasteiger charge is -2.22. The zero-order valence-electron chi connectivity index (χ0n) is 8.38. The molecule has 0 rings (SSSR count). The SMILES string of the molecule is CCC(C/C(=C\Cl)C(N)=O)N(C)C. The van der Waals surface area contributed by atoms with Gasteiger partial charge in [0.1, 0.15) is 0 Å². The van der Waals surface area contributed by atoms with E-state index in [-0.39, 0.29) is 0 Å². The van der Waals surface area contributed by atoms with E-state index in [1.54, 1.807) is 0 Å². The number of primary amides is 1. The van der Waals surface area contributed by atoms with Gasteiger partial charge < -0.3 is 10.6 Å². The van der Waals surface area contributed by atoms with E-state index in [4.69, 9.17) is 17.3 Å². The number of halogens is 1. The summed E-state index contributed by atoms with van der Waals surface area (Å²) in [5, 5.41) is 0. The van der Waals surface area contributed by atoms with Crippen LogP contribution in [0.25, 0.3) is 0 Å². The van der Waals surface area contributed by atoms with Crippen molar-refractivity contribution in [2.45, 2.75) is 25.8 Å². The topological polar surface area (TPSA) is 46.3 Å². The van der Waals surface area contributed by atoms with Gasteiger partial charge in [0, 0.05) is 17.2 Å². The van der Waals surface area contributed by atoms with Crippen LogP contribution < -0.4 is 5.73 Å². The average molecular weight is 205 g/mol. The largest absolute Gasteiger partial charge is 0.366 e. The second-order valence-electron chi connectivity index (χ2n) is 3.23. The molecule has 0 heterocycles. The highest BCUT2D eigenvalue weighted by atomic mass is 35.5. The third-order valence-electron chi connectivity index (χ3n) is 2.11. The van der Waals surface area contributed by atoms with Crippen LogP contribution in [-0.2, 0) is 4.79 Å². The number of carbonyl (C=O) groups excluding carboxylic acids is 1. The lowest BCUT2D eigenvalue weighted by Crippen LogP contribution is -2.29. The first kappa shape index (κ1) is 12.5. The average Bonchev–Trinajstić information content (AvgIpc) is 2.05. The number of rotatable bonds is 5. The van der Waals surface area contributed by atoms with E-state index >= 15 is 0 Å². The van der Waals surface area contributed by atoms with Crippen molar-refractivity contribution in [3.05, 3.63) is 11.1 Å². The number of carbonyl (C=O) groups is 1.